The maximum Gasteiger partial charge on any atom is 0.252 e. The van der Waals surface area contributed by atoms with E-state index >= 15 is 0 Å². The number of hydrogen-bond acceptors (Lipinski definition) is 4. The lowest BCUT2D eigenvalue weighted by Crippen LogP contribution is -2.27. The maximum atomic E-state index is 12.0. The first kappa shape index (κ1) is 17.5. The molecule has 2 N–H and O–H groups in total. The summed E-state index contributed by atoms with van der Waals surface area (Å²) >= 11 is 1.47. The van der Waals surface area contributed by atoms with Crippen LogP contribution in [0.15, 0.2) is 41.1 Å². The summed E-state index contributed by atoms with van der Waals surface area (Å²) in [6.45, 7) is 0.304. The molecule has 1 aliphatic carbocycles. The van der Waals surface area contributed by atoms with Gasteiger partial charge in [0.1, 0.15) is 5.75 Å². The lowest BCUT2D eigenvalue weighted by molar-refractivity contribution is -0.116. The molecule has 0 aliphatic heterocycles. The van der Waals surface area contributed by atoms with Gasteiger partial charge in [-0.15, -0.1) is 0 Å². The Bertz CT molecular complexity index is 709. The van der Waals surface area contributed by atoms with Crippen molar-refractivity contribution in [3.63, 3.8) is 0 Å². The highest BCUT2D eigenvalue weighted by Crippen LogP contribution is 2.25. The summed E-state index contributed by atoms with van der Waals surface area (Å²) in [5, 5.41) is 9.22. The molecule has 1 aliphatic rings. The molecule has 1 fully saturated rings. The van der Waals surface area contributed by atoms with Gasteiger partial charge < -0.3 is 15.4 Å². The monoisotopic (exact) mass is 358 g/mol. The number of amides is 2. The van der Waals surface area contributed by atoms with Crippen LogP contribution in [0, 0.1) is 0 Å². The van der Waals surface area contributed by atoms with E-state index in [0.29, 0.717) is 23.9 Å². The van der Waals surface area contributed by atoms with Crippen LogP contribution in [0.1, 0.15) is 42.5 Å². The molecular formula is C19H22N2O3S. The number of carbonyl (C=O) groups is 2. The van der Waals surface area contributed by atoms with Crippen molar-refractivity contribution < 1.29 is 14.3 Å². The second kappa shape index (κ2) is 8.67. The van der Waals surface area contributed by atoms with Gasteiger partial charge in [-0.3, -0.25) is 9.59 Å². The molecule has 0 atom stereocenters. The largest absolute Gasteiger partial charge is 0.490 e. The number of carbonyl (C=O) groups excluding carboxylic acids is 2. The summed E-state index contributed by atoms with van der Waals surface area (Å²) in [7, 11) is 0. The van der Waals surface area contributed by atoms with Crippen molar-refractivity contribution in [3.8, 4) is 5.75 Å². The van der Waals surface area contributed by atoms with Gasteiger partial charge in [-0.05, 0) is 49.3 Å². The zero-order valence-electron chi connectivity index (χ0n) is 14.0. The molecule has 2 amide bonds. The zero-order valence-corrected chi connectivity index (χ0v) is 14.8. The zero-order chi connectivity index (χ0) is 17.5. The van der Waals surface area contributed by atoms with Crippen LogP contribution in [0.3, 0.4) is 0 Å². The molecule has 3 rings (SSSR count). The molecule has 2 aromatic rings. The Labute approximate surface area is 151 Å². The fraction of sp³-hybridized carbons (Fsp3) is 0.368. The normalized spacial score (nSPS) is 14.2. The van der Waals surface area contributed by atoms with Gasteiger partial charge in [0, 0.05) is 35.7 Å². The summed E-state index contributed by atoms with van der Waals surface area (Å²) in [5.41, 5.74) is 1.34. The Kier molecular flexibility index (Phi) is 6.06. The van der Waals surface area contributed by atoms with Crippen LogP contribution < -0.4 is 15.4 Å². The number of ether oxygens (including phenoxy) is 1. The minimum atomic E-state index is -0.152. The fourth-order valence-corrected chi connectivity index (χ4v) is 3.49. The van der Waals surface area contributed by atoms with Gasteiger partial charge in [0.25, 0.3) is 5.91 Å². The first-order chi connectivity index (χ1) is 12.2. The van der Waals surface area contributed by atoms with Crippen LogP contribution in [0.25, 0.3) is 0 Å². The molecule has 0 unspecified atom stereocenters. The Morgan fingerprint density at radius 3 is 2.80 bits per heavy atom. The summed E-state index contributed by atoms with van der Waals surface area (Å²) in [6, 6.07) is 9.23. The van der Waals surface area contributed by atoms with Crippen molar-refractivity contribution in [1.29, 1.82) is 0 Å². The lowest BCUT2D eigenvalue weighted by atomic mass is 10.2. The Morgan fingerprint density at radius 2 is 2.04 bits per heavy atom. The average molecular weight is 358 g/mol. The van der Waals surface area contributed by atoms with Crippen LogP contribution in [0.4, 0.5) is 5.69 Å². The maximum absolute atomic E-state index is 12.0. The van der Waals surface area contributed by atoms with E-state index in [0.717, 1.165) is 18.6 Å². The van der Waals surface area contributed by atoms with E-state index in [9.17, 15) is 9.59 Å². The van der Waals surface area contributed by atoms with Gasteiger partial charge in [-0.2, -0.15) is 11.3 Å². The highest BCUT2D eigenvalue weighted by molar-refractivity contribution is 7.08. The lowest BCUT2D eigenvalue weighted by Gasteiger charge is -2.14. The molecule has 1 saturated carbocycles. The van der Waals surface area contributed by atoms with Gasteiger partial charge in [0.05, 0.1) is 6.10 Å². The summed E-state index contributed by atoms with van der Waals surface area (Å²) < 4.78 is 5.94. The highest BCUT2D eigenvalue weighted by atomic mass is 32.1. The van der Waals surface area contributed by atoms with Crippen molar-refractivity contribution in [1.82, 2.24) is 5.32 Å². The third-order valence-electron chi connectivity index (χ3n) is 4.14. The standard InChI is InChI=1S/C19H22N2O3S/c22-18(8-10-20-19(23)14-9-11-25-13-14)21-15-4-3-7-17(12-15)24-16-5-1-2-6-16/h3-4,7,9,11-13,16H,1-2,5-6,8,10H2,(H,20,23)(H,21,22). The number of rotatable bonds is 7. The quantitative estimate of drug-likeness (QED) is 0.790. The van der Waals surface area contributed by atoms with Crippen LogP contribution in [0.5, 0.6) is 5.75 Å². The summed E-state index contributed by atoms with van der Waals surface area (Å²) in [5.74, 6) is 0.500. The van der Waals surface area contributed by atoms with E-state index in [-0.39, 0.29) is 18.2 Å². The van der Waals surface area contributed by atoms with Crippen molar-refractivity contribution in [2.75, 3.05) is 11.9 Å². The molecule has 0 saturated heterocycles. The van der Waals surface area contributed by atoms with E-state index in [4.69, 9.17) is 4.74 Å². The highest BCUT2D eigenvalue weighted by Gasteiger charge is 2.16. The number of anilines is 1. The molecular weight excluding hydrogens is 336 g/mol. The number of hydrogen-bond donors (Lipinski definition) is 2. The SMILES string of the molecule is O=C(CCNC(=O)c1ccsc1)Nc1cccc(OC2CCCC2)c1. The first-order valence-corrected chi connectivity index (χ1v) is 9.52. The van der Waals surface area contributed by atoms with Gasteiger partial charge in [-0.1, -0.05) is 6.07 Å². The molecule has 1 aromatic carbocycles. The predicted molar refractivity (Wildman–Crippen MR) is 99.2 cm³/mol. The molecule has 6 heteroatoms. The van der Waals surface area contributed by atoms with Crippen molar-refractivity contribution in [3.05, 3.63) is 46.7 Å². The van der Waals surface area contributed by atoms with Crippen LogP contribution in [-0.4, -0.2) is 24.5 Å². The van der Waals surface area contributed by atoms with E-state index in [2.05, 4.69) is 10.6 Å². The Hall–Kier alpha value is -2.34. The minimum Gasteiger partial charge on any atom is -0.490 e. The third kappa shape index (κ3) is 5.32. The predicted octanol–water partition coefficient (Wildman–Crippen LogP) is 3.83. The third-order valence-corrected chi connectivity index (χ3v) is 4.83. The molecule has 25 heavy (non-hydrogen) atoms. The van der Waals surface area contributed by atoms with Gasteiger partial charge in [-0.25, -0.2) is 0 Å². The van der Waals surface area contributed by atoms with E-state index in [1.807, 2.05) is 29.6 Å². The Morgan fingerprint density at radius 1 is 1.20 bits per heavy atom. The second-order valence-electron chi connectivity index (χ2n) is 6.12. The second-order valence-corrected chi connectivity index (χ2v) is 6.90. The first-order valence-electron chi connectivity index (χ1n) is 8.58. The van der Waals surface area contributed by atoms with Crippen molar-refractivity contribution in [2.24, 2.45) is 0 Å². The summed E-state index contributed by atoms with van der Waals surface area (Å²) in [6.07, 6.45) is 5.15. The molecule has 1 aromatic heterocycles. The molecule has 5 nitrogen and oxygen atoms in total. The number of nitrogens with one attached hydrogen (secondary N) is 2. The van der Waals surface area contributed by atoms with E-state index in [1.54, 1.807) is 11.4 Å². The van der Waals surface area contributed by atoms with Crippen molar-refractivity contribution in [2.45, 2.75) is 38.2 Å². The molecule has 132 valence electrons. The number of benzene rings is 1. The summed E-state index contributed by atoms with van der Waals surface area (Å²) in [4.78, 5) is 23.8. The Balaban J connectivity index is 1.43. The molecule has 0 bridgehead atoms. The van der Waals surface area contributed by atoms with Gasteiger partial charge >= 0.3 is 0 Å². The van der Waals surface area contributed by atoms with Gasteiger partial charge in [0.15, 0.2) is 0 Å². The van der Waals surface area contributed by atoms with Crippen LogP contribution in [0.2, 0.25) is 0 Å². The topological polar surface area (TPSA) is 67.4 Å². The molecule has 1 heterocycles. The van der Waals surface area contributed by atoms with Crippen molar-refractivity contribution >= 4 is 28.8 Å². The fourth-order valence-electron chi connectivity index (χ4n) is 2.85. The molecule has 0 spiro atoms. The van der Waals surface area contributed by atoms with E-state index in [1.165, 1.54) is 24.2 Å². The number of thiophene rings is 1. The smallest absolute Gasteiger partial charge is 0.252 e. The van der Waals surface area contributed by atoms with Crippen LogP contribution in [-0.2, 0) is 4.79 Å². The molecule has 0 radical (unpaired) electrons. The minimum absolute atomic E-state index is 0.136. The van der Waals surface area contributed by atoms with E-state index < -0.39 is 0 Å². The average Bonchev–Trinajstić information content (AvgIpc) is 3.28. The van der Waals surface area contributed by atoms with Crippen LogP contribution >= 0.6 is 11.3 Å². The van der Waals surface area contributed by atoms with Gasteiger partial charge in [0.2, 0.25) is 5.91 Å².